The van der Waals surface area contributed by atoms with Gasteiger partial charge in [0.15, 0.2) is 0 Å². The molecular weight excluding hydrogens is 219 g/mol. The summed E-state index contributed by atoms with van der Waals surface area (Å²) in [5.41, 5.74) is -0.0105. The van der Waals surface area contributed by atoms with Crippen molar-refractivity contribution < 1.29 is 19.5 Å². The summed E-state index contributed by atoms with van der Waals surface area (Å²) >= 11 is 0. The van der Waals surface area contributed by atoms with Crippen molar-refractivity contribution in [2.75, 3.05) is 7.11 Å². The molecule has 4 nitrogen and oxygen atoms in total. The SMILES string of the molecule is COC(C)C(C)(C)Oc1ccc(B(O)O)cc1. The topological polar surface area (TPSA) is 58.9 Å². The molecule has 0 aliphatic rings. The summed E-state index contributed by atoms with van der Waals surface area (Å²) < 4.78 is 11.0. The van der Waals surface area contributed by atoms with Crippen LogP contribution in [0.3, 0.4) is 0 Å². The first-order valence-corrected chi connectivity index (χ1v) is 5.54. The number of hydrogen-bond acceptors (Lipinski definition) is 4. The molecule has 0 heterocycles. The quantitative estimate of drug-likeness (QED) is 0.736. The Morgan fingerprint density at radius 3 is 2.12 bits per heavy atom. The molecule has 1 unspecified atom stereocenters. The fourth-order valence-electron chi connectivity index (χ4n) is 1.38. The summed E-state index contributed by atoms with van der Waals surface area (Å²) in [6.45, 7) is 5.82. The molecular formula is C12H19BO4. The molecule has 1 aromatic carbocycles. The lowest BCUT2D eigenvalue weighted by Crippen LogP contribution is -2.41. The van der Waals surface area contributed by atoms with Crippen molar-refractivity contribution in [2.45, 2.75) is 32.5 Å². The molecule has 0 aliphatic heterocycles. The molecule has 1 aromatic rings. The van der Waals surface area contributed by atoms with Crippen LogP contribution in [0.1, 0.15) is 20.8 Å². The van der Waals surface area contributed by atoms with Gasteiger partial charge in [-0.05, 0) is 38.4 Å². The van der Waals surface area contributed by atoms with Crippen LogP contribution in [0.25, 0.3) is 0 Å². The van der Waals surface area contributed by atoms with Gasteiger partial charge in [0.2, 0.25) is 0 Å². The van der Waals surface area contributed by atoms with Gasteiger partial charge in [0.05, 0.1) is 6.10 Å². The average Bonchev–Trinajstić information content (AvgIpc) is 2.28. The molecule has 5 heteroatoms. The maximum Gasteiger partial charge on any atom is 0.488 e. The Kier molecular flexibility index (Phi) is 4.57. The Labute approximate surface area is 102 Å². The molecule has 0 bridgehead atoms. The highest BCUT2D eigenvalue weighted by Crippen LogP contribution is 2.21. The van der Waals surface area contributed by atoms with E-state index in [0.717, 1.165) is 0 Å². The second kappa shape index (κ2) is 5.53. The van der Waals surface area contributed by atoms with Crippen molar-refractivity contribution in [2.24, 2.45) is 0 Å². The van der Waals surface area contributed by atoms with Gasteiger partial charge in [-0.15, -0.1) is 0 Å². The predicted molar refractivity (Wildman–Crippen MR) is 67.4 cm³/mol. The first kappa shape index (κ1) is 14.0. The van der Waals surface area contributed by atoms with Crippen molar-refractivity contribution >= 4 is 12.6 Å². The summed E-state index contributed by atoms with van der Waals surface area (Å²) in [4.78, 5) is 0. The molecule has 0 spiro atoms. The van der Waals surface area contributed by atoms with Crippen molar-refractivity contribution in [1.29, 1.82) is 0 Å². The molecule has 0 saturated heterocycles. The maximum absolute atomic E-state index is 8.97. The highest BCUT2D eigenvalue weighted by atomic mass is 16.5. The third-order valence-corrected chi connectivity index (χ3v) is 2.89. The zero-order chi connectivity index (χ0) is 13.1. The van der Waals surface area contributed by atoms with Crippen LogP contribution in [0, 0.1) is 0 Å². The lowest BCUT2D eigenvalue weighted by molar-refractivity contribution is -0.0423. The van der Waals surface area contributed by atoms with Crippen LogP contribution in [0.5, 0.6) is 5.75 Å². The second-order valence-electron chi connectivity index (χ2n) is 4.53. The monoisotopic (exact) mass is 238 g/mol. The maximum atomic E-state index is 8.97. The van der Waals surface area contributed by atoms with E-state index in [1.54, 1.807) is 31.4 Å². The number of hydrogen-bond donors (Lipinski definition) is 2. The first-order valence-electron chi connectivity index (χ1n) is 5.54. The van der Waals surface area contributed by atoms with Gasteiger partial charge in [-0.3, -0.25) is 0 Å². The van der Waals surface area contributed by atoms with Gasteiger partial charge < -0.3 is 19.5 Å². The normalized spacial score (nSPS) is 13.3. The van der Waals surface area contributed by atoms with Crippen molar-refractivity contribution in [1.82, 2.24) is 0 Å². The number of ether oxygens (including phenoxy) is 2. The smallest absolute Gasteiger partial charge is 0.485 e. The molecule has 0 fully saturated rings. The Morgan fingerprint density at radius 1 is 1.18 bits per heavy atom. The highest BCUT2D eigenvalue weighted by molar-refractivity contribution is 6.58. The fraction of sp³-hybridized carbons (Fsp3) is 0.500. The first-order chi connectivity index (χ1) is 7.86. The van der Waals surface area contributed by atoms with Crippen molar-refractivity contribution in [3.63, 3.8) is 0 Å². The molecule has 0 aromatic heterocycles. The third kappa shape index (κ3) is 3.73. The lowest BCUT2D eigenvalue weighted by atomic mass is 9.80. The predicted octanol–water partition coefficient (Wildman–Crippen LogP) is 0.559. The molecule has 94 valence electrons. The van der Waals surface area contributed by atoms with E-state index in [2.05, 4.69) is 0 Å². The summed E-state index contributed by atoms with van der Waals surface area (Å²) in [5.74, 6) is 0.670. The van der Waals surface area contributed by atoms with Crippen LogP contribution in [0.2, 0.25) is 0 Å². The summed E-state index contributed by atoms with van der Waals surface area (Å²) in [7, 11) is 0.191. The molecule has 0 aliphatic carbocycles. The van der Waals surface area contributed by atoms with Crippen LogP contribution >= 0.6 is 0 Å². The van der Waals surface area contributed by atoms with Crippen LogP contribution in [0.4, 0.5) is 0 Å². The van der Waals surface area contributed by atoms with Crippen LogP contribution in [-0.2, 0) is 4.74 Å². The zero-order valence-corrected chi connectivity index (χ0v) is 10.7. The largest absolute Gasteiger partial charge is 0.488 e. The minimum absolute atomic E-state index is 0.0504. The van der Waals surface area contributed by atoms with E-state index < -0.39 is 12.7 Å². The molecule has 0 saturated carbocycles. The van der Waals surface area contributed by atoms with Gasteiger partial charge in [-0.25, -0.2) is 0 Å². The Balaban J connectivity index is 2.75. The number of methoxy groups -OCH3 is 1. The van der Waals surface area contributed by atoms with E-state index in [9.17, 15) is 0 Å². The highest BCUT2D eigenvalue weighted by Gasteiger charge is 2.28. The van der Waals surface area contributed by atoms with E-state index >= 15 is 0 Å². The van der Waals surface area contributed by atoms with E-state index in [-0.39, 0.29) is 6.10 Å². The summed E-state index contributed by atoms with van der Waals surface area (Å²) in [6, 6.07) is 6.65. The molecule has 2 N–H and O–H groups in total. The van der Waals surface area contributed by atoms with Crippen molar-refractivity contribution in [3.8, 4) is 5.75 Å². The number of benzene rings is 1. The van der Waals surface area contributed by atoms with Crippen LogP contribution in [-0.4, -0.2) is 36.0 Å². The van der Waals surface area contributed by atoms with Gasteiger partial charge in [0.1, 0.15) is 11.4 Å². The van der Waals surface area contributed by atoms with Crippen LogP contribution in [0.15, 0.2) is 24.3 Å². The van der Waals surface area contributed by atoms with Crippen LogP contribution < -0.4 is 10.2 Å². The van der Waals surface area contributed by atoms with E-state index in [1.807, 2.05) is 20.8 Å². The second-order valence-corrected chi connectivity index (χ2v) is 4.53. The Bertz CT molecular complexity index is 348. The molecule has 17 heavy (non-hydrogen) atoms. The van der Waals surface area contributed by atoms with Crippen molar-refractivity contribution in [3.05, 3.63) is 24.3 Å². The fourth-order valence-corrected chi connectivity index (χ4v) is 1.38. The molecule has 1 rings (SSSR count). The standard InChI is InChI=1S/C12H19BO4/c1-9(16-4)12(2,3)17-11-7-5-10(6-8-11)13(14)15/h5-9,14-15H,1-4H3. The Morgan fingerprint density at radius 2 is 1.71 bits per heavy atom. The average molecular weight is 238 g/mol. The van der Waals surface area contributed by atoms with Gasteiger partial charge >= 0.3 is 7.12 Å². The van der Waals surface area contributed by atoms with E-state index in [4.69, 9.17) is 19.5 Å². The van der Waals surface area contributed by atoms with Gasteiger partial charge in [-0.1, -0.05) is 12.1 Å². The molecule has 0 amide bonds. The minimum Gasteiger partial charge on any atom is -0.485 e. The third-order valence-electron chi connectivity index (χ3n) is 2.89. The molecule has 0 radical (unpaired) electrons. The summed E-state index contributed by atoms with van der Waals surface area (Å²) in [5, 5.41) is 17.9. The summed E-state index contributed by atoms with van der Waals surface area (Å²) in [6.07, 6.45) is -0.0504. The Hall–Kier alpha value is -1.04. The van der Waals surface area contributed by atoms with Gasteiger partial charge in [0, 0.05) is 7.11 Å². The van der Waals surface area contributed by atoms with E-state index in [1.165, 1.54) is 0 Å². The molecule has 1 atom stereocenters. The zero-order valence-electron chi connectivity index (χ0n) is 10.7. The van der Waals surface area contributed by atoms with Gasteiger partial charge in [-0.2, -0.15) is 0 Å². The number of rotatable bonds is 5. The van der Waals surface area contributed by atoms with Gasteiger partial charge in [0.25, 0.3) is 0 Å². The lowest BCUT2D eigenvalue weighted by Gasteiger charge is -2.31. The van der Waals surface area contributed by atoms with E-state index in [0.29, 0.717) is 11.2 Å². The minimum atomic E-state index is -1.45.